The van der Waals surface area contributed by atoms with Crippen LogP contribution in [0.1, 0.15) is 132 Å². The van der Waals surface area contributed by atoms with Gasteiger partial charge in [0.2, 0.25) is 37.6 Å². The van der Waals surface area contributed by atoms with Gasteiger partial charge in [0.05, 0.1) is 144 Å². The molecule has 12 aliphatic heterocycles. The van der Waals surface area contributed by atoms with Crippen LogP contribution in [0.3, 0.4) is 0 Å². The van der Waals surface area contributed by atoms with E-state index in [0.29, 0.717) is 79.0 Å². The highest BCUT2D eigenvalue weighted by atomic mass is 32.1. The molecule has 3 aliphatic carbocycles. The lowest BCUT2D eigenvalue weighted by Crippen LogP contribution is -2.62. The molecular formula is C96H96O39S3. The Morgan fingerprint density at radius 1 is 0.355 bits per heavy atom. The molecular weight excluding hydrogens is 1870 g/mol. The van der Waals surface area contributed by atoms with Gasteiger partial charge >= 0.3 is 17.9 Å². The summed E-state index contributed by atoms with van der Waals surface area (Å²) >= 11 is 4.29. The van der Waals surface area contributed by atoms with Crippen molar-refractivity contribution in [1.82, 2.24) is 0 Å². The number of cyclic esters (lactones) is 3. The van der Waals surface area contributed by atoms with Crippen LogP contribution in [0.5, 0.6) is 86.2 Å². The van der Waals surface area contributed by atoms with Gasteiger partial charge in [-0.1, -0.05) is 18.2 Å². The molecule has 9 N–H and O–H groups in total. The summed E-state index contributed by atoms with van der Waals surface area (Å²) in [6.45, 7) is -2.87. The zero-order valence-corrected chi connectivity index (χ0v) is 75.5. The van der Waals surface area contributed by atoms with Gasteiger partial charge in [-0.2, -0.15) is 0 Å². The number of carbonyl (C=O) groups is 3. The highest BCUT2D eigenvalue weighted by Gasteiger charge is 2.62. The van der Waals surface area contributed by atoms with Crippen molar-refractivity contribution in [3.8, 4) is 86.2 Å². The lowest BCUT2D eigenvalue weighted by molar-refractivity contribution is -0.368. The highest BCUT2D eigenvalue weighted by Crippen LogP contribution is 2.63. The van der Waals surface area contributed by atoms with Crippen LogP contribution < -0.4 is 56.8 Å². The van der Waals surface area contributed by atoms with Gasteiger partial charge in [-0.3, -0.25) is 14.4 Å². The molecule has 6 aromatic carbocycles. The van der Waals surface area contributed by atoms with Crippen LogP contribution in [0.2, 0.25) is 0 Å². The first-order valence-corrected chi connectivity index (χ1v) is 46.6. The van der Waals surface area contributed by atoms with Crippen LogP contribution in [0.4, 0.5) is 0 Å². The van der Waals surface area contributed by atoms with Crippen molar-refractivity contribution < 1.29 is 201 Å². The number of phenols is 3. The molecule has 0 saturated carbocycles. The quantitative estimate of drug-likeness (QED) is 0.0288. The Bertz CT molecular complexity index is 6350. The smallest absolute Gasteiger partial charge is 0.310 e. The molecule has 3 aromatic heterocycles. The van der Waals surface area contributed by atoms with Crippen LogP contribution in [-0.2, 0) is 85.4 Å². The van der Waals surface area contributed by atoms with Crippen molar-refractivity contribution in [2.75, 3.05) is 102 Å². The third-order valence-electron chi connectivity index (χ3n) is 27.4. The van der Waals surface area contributed by atoms with E-state index in [2.05, 4.69) is 0 Å². The molecule has 9 aromatic rings. The number of hydrogen-bond acceptors (Lipinski definition) is 42. The van der Waals surface area contributed by atoms with Gasteiger partial charge in [0.15, 0.2) is 107 Å². The molecule has 138 heavy (non-hydrogen) atoms. The predicted octanol–water partition coefficient (Wildman–Crippen LogP) is 8.26. The maximum atomic E-state index is 13.7. The Kier molecular flexibility index (Phi) is 22.3. The van der Waals surface area contributed by atoms with Gasteiger partial charge in [0, 0.05) is 36.9 Å². The van der Waals surface area contributed by atoms with Crippen LogP contribution in [-0.4, -0.2) is 258 Å². The van der Waals surface area contributed by atoms with Gasteiger partial charge in [-0.05, 0) is 157 Å². The number of hydrogen-bond donors (Lipinski definition) is 9. The summed E-state index contributed by atoms with van der Waals surface area (Å²) in [6.07, 6.45) is -23.9. The normalized spacial score (nSPS) is 36.3. The van der Waals surface area contributed by atoms with E-state index in [1.54, 1.807) is 48.5 Å². The first-order valence-electron chi connectivity index (χ1n) is 48.4. The molecule has 15 aliphatic rings. The second kappa shape index (κ2) is 37.6. The molecule has 0 amide bonds. The molecule has 0 spiro atoms. The fourth-order valence-corrected chi connectivity index (χ4v) is 23.0. The fraction of sp³-hybridized carbons (Fsp3) is 0.469. The average Bonchev–Trinajstić information content (AvgIpc) is 1.61. The van der Waals surface area contributed by atoms with Crippen LogP contribution >= 0.6 is 34.0 Å². The molecule has 39 nitrogen and oxygen atoms in total. The lowest BCUT2D eigenvalue weighted by Gasteiger charge is -2.48. The number of benzene rings is 6. The average molecular weight is 1980 g/mol. The van der Waals surface area contributed by atoms with Crippen molar-refractivity contribution in [1.29, 1.82) is 0 Å². The second-order valence-electron chi connectivity index (χ2n) is 34.7. The van der Waals surface area contributed by atoms with E-state index >= 15 is 0 Å². The number of carbonyl (C=O) groups excluding carboxylic acids is 3. The van der Waals surface area contributed by atoms with E-state index < -0.39 is 238 Å². The first kappa shape index (κ1) is 81.9. The molecule has 42 heteroatoms. The number of aliphatic hydroxyl groups excluding tert-OH is 6. The van der Waals surface area contributed by atoms with E-state index in [1.165, 1.54) is 86.7 Å². The minimum atomic E-state index is -3.05. The molecule has 0 radical (unpaired) electrons. The van der Waals surface area contributed by atoms with E-state index in [0.717, 1.165) is 14.6 Å². The monoisotopic (exact) mass is 1980 g/mol. The minimum Gasteiger partial charge on any atom is -0.502 e. The van der Waals surface area contributed by atoms with Gasteiger partial charge < -0.3 is 174 Å². The van der Waals surface area contributed by atoms with Crippen molar-refractivity contribution in [3.63, 3.8) is 0 Å². The molecule has 732 valence electrons. The van der Waals surface area contributed by atoms with Crippen molar-refractivity contribution >= 4 is 51.9 Å². The largest absolute Gasteiger partial charge is 0.502 e. The van der Waals surface area contributed by atoms with E-state index in [9.17, 15) is 61.7 Å². The zero-order chi connectivity index (χ0) is 103. The molecule has 0 unspecified atom stereocenters. The highest BCUT2D eigenvalue weighted by molar-refractivity contribution is 7.10. The standard InChI is InChI=1S/3C32H32O13S/c3*1-37-19-6-13(7-20(38-2)25(19)33)23-14-8-17-18(42-12-41-17)9-15(14)28(16-10-39-30(36)24(16)23)44-32-27(35)26(34)29-21(43-32)11-40-31(45-29)22-4-3-5-46-22/h3*3-9,16,21,23-24,26-29,31-35H,10-12H2,1-2H3/t3*16-,21+,23+,24-,26+,27+,28+,29+,31+,32-/m000/s1/i1D3,2D3;23D;10D2. The third kappa shape index (κ3) is 16.1. The van der Waals surface area contributed by atoms with E-state index in [4.69, 9.17) is 139 Å². The summed E-state index contributed by atoms with van der Waals surface area (Å²) in [5.41, 5.74) is 3.50. The van der Waals surface area contributed by atoms with Crippen LogP contribution in [0.15, 0.2) is 125 Å². The molecule has 30 atom stereocenters. The number of rotatable bonds is 18. The zero-order valence-electron chi connectivity index (χ0n) is 82.0. The number of ether oxygens (including phenoxy) is 27. The summed E-state index contributed by atoms with van der Waals surface area (Å²) < 4.78 is 229. The van der Waals surface area contributed by atoms with Gasteiger partial charge in [0.25, 0.3) is 0 Å². The number of methoxy groups -OCH3 is 6. The number of aromatic hydroxyl groups is 3. The number of thiophene rings is 3. The Hall–Kier alpha value is -10.9. The molecule has 15 heterocycles. The summed E-state index contributed by atoms with van der Waals surface area (Å²) in [6, 6.07) is 29.4. The van der Waals surface area contributed by atoms with Crippen molar-refractivity contribution in [2.45, 2.75) is 147 Å². The summed E-state index contributed by atoms with van der Waals surface area (Å²) in [4.78, 5) is 43.2. The molecule has 0 bridgehead atoms. The van der Waals surface area contributed by atoms with Gasteiger partial charge in [-0.15, -0.1) is 34.0 Å². The van der Waals surface area contributed by atoms with E-state index in [1.807, 2.05) is 52.5 Å². The minimum absolute atomic E-state index is 0.0225. The van der Waals surface area contributed by atoms with Crippen molar-refractivity contribution in [3.05, 3.63) is 190 Å². The van der Waals surface area contributed by atoms with Crippen LogP contribution in [0.25, 0.3) is 0 Å². The fourth-order valence-electron chi connectivity index (χ4n) is 20.9. The van der Waals surface area contributed by atoms with Gasteiger partial charge in [-0.25, -0.2) is 0 Å². The lowest BCUT2D eigenvalue weighted by atomic mass is 9.66. The number of fused-ring (bicyclic) bond motifs is 12. The number of aliphatic hydroxyl groups is 6. The summed E-state index contributed by atoms with van der Waals surface area (Å²) in [5.74, 6) is -12.0. The Labute approximate surface area is 810 Å². The molecule has 9 saturated heterocycles. The van der Waals surface area contributed by atoms with Crippen molar-refractivity contribution in [2.24, 2.45) is 35.5 Å². The Morgan fingerprint density at radius 3 is 1.02 bits per heavy atom. The Morgan fingerprint density at radius 2 is 0.667 bits per heavy atom. The molecule has 9 fully saturated rings. The van der Waals surface area contributed by atoms with E-state index in [-0.39, 0.29) is 93.5 Å². The SMILES string of the molecule is [2H]C([2H])([2H])Oc1cc([C@@H]2c3cc4c(cc3[C@@H](O[C@@H]3O[C@@H]5CO[C@@H](c6cccs6)O[C@H]5[C@H](O)[C@H]3O)[C@H]3COC(=O)[C@H]23)OCO4)cc(OC([2H])([2H])[2H])c1O.[2H]C1([2H])OC(=O)[C@@H]2[C@H](c3cc(OC)c(O)c(OC)c3)c3cc4c(cc3[C@@H](O[C@@H]3O[C@@H]5CO[C@@H](c6cccs6)O[C@H]5[C@H](O)[C@H]3O)[C@H]21)OCO4.[2H][C@@]1(c2cc(OC)c(O)c(OC)c2)c2cc3c(cc2[C@@H](O[C@@H]2O[C@@H]4CO[C@@H](c5cccs5)O[C@H]4[C@H](O)[C@H]2O)[C@H]2COC(=O)[C@@H]21)OCO3. The predicted molar refractivity (Wildman–Crippen MR) is 468 cm³/mol. The second-order valence-corrected chi connectivity index (χ2v) is 37.6. The summed E-state index contributed by atoms with van der Waals surface area (Å²) in [7, 11) is -0.615. The number of phenolic OH excluding ortho intramolecular Hbond substituents is 3. The van der Waals surface area contributed by atoms with Gasteiger partial charge in [0.1, 0.15) is 73.2 Å². The maximum absolute atomic E-state index is 13.7. The topological polar surface area (TPSA) is 482 Å². The maximum Gasteiger partial charge on any atom is 0.310 e. The third-order valence-corrected chi connectivity index (χ3v) is 30.1. The summed E-state index contributed by atoms with van der Waals surface area (Å²) in [5, 5.41) is 105. The number of esters is 3. The first-order chi connectivity index (χ1) is 70.5. The Balaban J connectivity index is 0.000000125. The van der Waals surface area contributed by atoms with Crippen LogP contribution in [0, 0.1) is 35.5 Å². The molecule has 24 rings (SSSR count).